The van der Waals surface area contributed by atoms with Gasteiger partial charge in [0.2, 0.25) is 0 Å². The van der Waals surface area contributed by atoms with Crippen LogP contribution in [0.25, 0.3) is 0 Å². The van der Waals surface area contributed by atoms with Crippen molar-refractivity contribution in [1.82, 2.24) is 0 Å². The van der Waals surface area contributed by atoms with Crippen LogP contribution in [0.5, 0.6) is 0 Å². The molecular weight excluding hydrogens is 327 g/mol. The van der Waals surface area contributed by atoms with Gasteiger partial charge in [-0.15, -0.1) is 0 Å². The smallest absolute Gasteiger partial charge is 0 e. The van der Waals surface area contributed by atoms with E-state index in [-0.39, 0.29) is 124 Å². The molecule has 5 radical (unpaired) electrons. The van der Waals surface area contributed by atoms with Gasteiger partial charge in [0, 0.05) is 124 Å². The molecule has 0 nitrogen and oxygen atoms in total. The Hall–Kier alpha value is 4.04. The molecule has 0 fully saturated rings. The Balaban J connectivity index is 0. The third kappa shape index (κ3) is 9.40. The molecule has 0 atom stereocenters. The van der Waals surface area contributed by atoms with Crippen molar-refractivity contribution in [3.8, 4) is 0 Å². The maximum Gasteiger partial charge on any atom is 0 e. The fraction of sp³-hybridized carbons (Fsp3) is 0. The zero-order valence-corrected chi connectivity index (χ0v) is 12.5. The molecule has 0 bridgehead atoms. The normalized spacial score (nSPS) is 0. The van der Waals surface area contributed by atoms with Crippen molar-refractivity contribution in [1.29, 1.82) is 0 Å². The van der Waals surface area contributed by atoms with Crippen LogP contribution in [-0.2, 0) is 17.1 Å². The van der Waals surface area contributed by atoms with Gasteiger partial charge in [-0.1, -0.05) is 0 Å². The van der Waals surface area contributed by atoms with E-state index in [2.05, 4.69) is 0 Å². The van der Waals surface area contributed by atoms with E-state index in [0.717, 1.165) is 0 Å². The minimum atomic E-state index is 0. The standard InChI is InChI=1S/Bi.Fe.K.Na. The van der Waals surface area contributed by atoms with Gasteiger partial charge in [-0.05, 0) is 0 Å². The first-order valence-corrected chi connectivity index (χ1v) is 0. The Kier molecular flexibility index (Phi) is 96.1. The molecule has 0 aliphatic rings. The predicted octanol–water partition coefficient (Wildman–Crippen LogP) is -1.14. The Labute approximate surface area is 121 Å². The first-order valence-electron chi connectivity index (χ1n) is 0. The van der Waals surface area contributed by atoms with Crippen molar-refractivity contribution in [2.24, 2.45) is 0 Å². The monoisotopic (exact) mass is 327 g/mol. The summed E-state index contributed by atoms with van der Waals surface area (Å²) in [4.78, 5) is 0. The molecule has 4 heteroatoms. The Bertz CT molecular complexity index is 8.00. The van der Waals surface area contributed by atoms with Gasteiger partial charge >= 0.3 is 0 Å². The van der Waals surface area contributed by atoms with E-state index < -0.39 is 0 Å². The van der Waals surface area contributed by atoms with Crippen LogP contribution in [0, 0.1) is 0 Å². The van der Waals surface area contributed by atoms with Gasteiger partial charge in [0.25, 0.3) is 0 Å². The second kappa shape index (κ2) is 15.7. The van der Waals surface area contributed by atoms with Crippen LogP contribution in [-0.4, -0.2) is 107 Å². The van der Waals surface area contributed by atoms with E-state index >= 15 is 0 Å². The number of hydrogen-bond acceptors (Lipinski definition) is 0. The maximum atomic E-state index is 0. The topological polar surface area (TPSA) is 0 Å². The quantitative estimate of drug-likeness (QED) is 0.494. The molecule has 0 aromatic heterocycles. The molecule has 0 spiro atoms. The minimum Gasteiger partial charge on any atom is 0 e. The molecular formula is BiFeKNa. The van der Waals surface area contributed by atoms with Crippen LogP contribution in [0.1, 0.15) is 0 Å². The van der Waals surface area contributed by atoms with Gasteiger partial charge in [-0.3, -0.25) is 0 Å². The molecule has 0 saturated carbocycles. The Morgan fingerprint density at radius 1 is 1.00 bits per heavy atom. The second-order valence-electron chi connectivity index (χ2n) is 0. The average molecular weight is 327 g/mol. The van der Waals surface area contributed by atoms with Crippen LogP contribution < -0.4 is 0 Å². The second-order valence-corrected chi connectivity index (χ2v) is 0. The summed E-state index contributed by atoms with van der Waals surface area (Å²) in [5.41, 5.74) is 0. The minimum absolute atomic E-state index is 0. The first kappa shape index (κ1) is 24.4. The van der Waals surface area contributed by atoms with E-state index in [0.29, 0.717) is 0 Å². The molecule has 0 aromatic carbocycles. The summed E-state index contributed by atoms with van der Waals surface area (Å²) < 4.78 is 0. The van der Waals surface area contributed by atoms with Gasteiger partial charge in [-0.2, -0.15) is 0 Å². The van der Waals surface area contributed by atoms with Gasteiger partial charge in [-0.25, -0.2) is 0 Å². The van der Waals surface area contributed by atoms with Crippen molar-refractivity contribution in [2.75, 3.05) is 0 Å². The molecule has 0 aliphatic carbocycles. The summed E-state index contributed by atoms with van der Waals surface area (Å²) in [6.07, 6.45) is 0. The van der Waals surface area contributed by atoms with E-state index in [1.54, 1.807) is 0 Å². The third-order valence-electron chi connectivity index (χ3n) is 0. The molecule has 15 valence electrons. The van der Waals surface area contributed by atoms with E-state index in [4.69, 9.17) is 0 Å². The summed E-state index contributed by atoms with van der Waals surface area (Å²) in [7, 11) is 0. The Morgan fingerprint density at radius 2 is 1.00 bits per heavy atom. The number of rotatable bonds is 0. The van der Waals surface area contributed by atoms with Gasteiger partial charge in [0.05, 0.1) is 0 Å². The largest absolute Gasteiger partial charge is 0 e. The van der Waals surface area contributed by atoms with Gasteiger partial charge in [0.1, 0.15) is 0 Å². The maximum absolute atomic E-state index is 0. The number of hydrogen-bond donors (Lipinski definition) is 0. The molecule has 0 heterocycles. The zero-order valence-electron chi connectivity index (χ0n) is 2.80. The summed E-state index contributed by atoms with van der Waals surface area (Å²) in [6, 6.07) is 0. The van der Waals surface area contributed by atoms with Crippen LogP contribution in [0.15, 0.2) is 0 Å². The van der Waals surface area contributed by atoms with Crippen molar-refractivity contribution in [3.05, 3.63) is 0 Å². The molecule has 0 saturated heterocycles. The van der Waals surface area contributed by atoms with Crippen LogP contribution in [0.4, 0.5) is 0 Å². The summed E-state index contributed by atoms with van der Waals surface area (Å²) in [5.74, 6) is 0. The van der Waals surface area contributed by atoms with Crippen LogP contribution in [0.2, 0.25) is 0 Å². The molecule has 0 N–H and O–H groups in total. The third-order valence-corrected chi connectivity index (χ3v) is 0. The van der Waals surface area contributed by atoms with Crippen molar-refractivity contribution in [2.45, 2.75) is 0 Å². The van der Waals surface area contributed by atoms with Gasteiger partial charge in [0.15, 0.2) is 0 Å². The average Bonchev–Trinajstić information content (AvgIpc) is 0. The molecule has 0 aromatic rings. The molecule has 0 amide bonds. The predicted molar refractivity (Wildman–Crippen MR) is 17.3 cm³/mol. The first-order chi connectivity index (χ1) is 0. The van der Waals surface area contributed by atoms with E-state index in [1.807, 2.05) is 0 Å². The van der Waals surface area contributed by atoms with Crippen LogP contribution in [0.3, 0.4) is 0 Å². The van der Waals surface area contributed by atoms with Crippen LogP contribution >= 0.6 is 0 Å². The summed E-state index contributed by atoms with van der Waals surface area (Å²) >= 11 is 0. The van der Waals surface area contributed by atoms with Crippen molar-refractivity contribution < 1.29 is 17.1 Å². The SMILES string of the molecule is [Bi].[Fe].[K].[Na]. The van der Waals surface area contributed by atoms with Crippen molar-refractivity contribution in [3.63, 3.8) is 0 Å². The molecule has 4 heavy (non-hydrogen) atoms. The van der Waals surface area contributed by atoms with E-state index in [9.17, 15) is 0 Å². The summed E-state index contributed by atoms with van der Waals surface area (Å²) in [6.45, 7) is 0. The molecule has 0 rings (SSSR count). The zero-order chi connectivity index (χ0) is 0. The summed E-state index contributed by atoms with van der Waals surface area (Å²) in [5, 5.41) is 0. The molecule has 0 unspecified atom stereocenters. The fourth-order valence-electron chi connectivity index (χ4n) is 0. The van der Waals surface area contributed by atoms with Crippen molar-refractivity contribution >= 4 is 107 Å². The fourth-order valence-corrected chi connectivity index (χ4v) is 0. The van der Waals surface area contributed by atoms with Gasteiger partial charge < -0.3 is 0 Å². The molecule has 0 aliphatic heterocycles. The Morgan fingerprint density at radius 3 is 1.00 bits per heavy atom. The van der Waals surface area contributed by atoms with E-state index in [1.165, 1.54) is 0 Å².